The van der Waals surface area contributed by atoms with E-state index in [4.69, 9.17) is 0 Å². The lowest BCUT2D eigenvalue weighted by molar-refractivity contribution is 0.581. The zero-order chi connectivity index (χ0) is 14.8. The van der Waals surface area contributed by atoms with Crippen molar-refractivity contribution in [2.45, 2.75) is 58.3 Å². The van der Waals surface area contributed by atoms with Gasteiger partial charge in [-0.25, -0.2) is 4.98 Å². The van der Waals surface area contributed by atoms with E-state index in [1.165, 1.54) is 62.1 Å². The quantitative estimate of drug-likeness (QED) is 0.559. The van der Waals surface area contributed by atoms with E-state index in [1.54, 1.807) is 0 Å². The van der Waals surface area contributed by atoms with E-state index in [-0.39, 0.29) is 0 Å². The summed E-state index contributed by atoms with van der Waals surface area (Å²) in [6, 6.07) is 10.5. The van der Waals surface area contributed by atoms with Crippen molar-refractivity contribution in [3.05, 3.63) is 36.5 Å². The van der Waals surface area contributed by atoms with Crippen LogP contribution in [0.2, 0.25) is 0 Å². The summed E-state index contributed by atoms with van der Waals surface area (Å²) in [7, 11) is 0. The van der Waals surface area contributed by atoms with Crippen LogP contribution in [0.4, 0.5) is 5.82 Å². The van der Waals surface area contributed by atoms with Gasteiger partial charge < -0.3 is 5.32 Å². The van der Waals surface area contributed by atoms with Gasteiger partial charge >= 0.3 is 0 Å². The molecule has 0 aliphatic heterocycles. The van der Waals surface area contributed by atoms with Gasteiger partial charge in [-0.1, -0.05) is 76.1 Å². The Morgan fingerprint density at radius 2 is 1.57 bits per heavy atom. The SMILES string of the molecule is CCCCCCCCCCNc1nccc2ccccc12. The summed E-state index contributed by atoms with van der Waals surface area (Å²) in [5.41, 5.74) is 0. The van der Waals surface area contributed by atoms with E-state index in [1.807, 2.05) is 6.20 Å². The molecule has 0 aliphatic carbocycles. The first-order valence-electron chi connectivity index (χ1n) is 8.49. The molecule has 21 heavy (non-hydrogen) atoms. The van der Waals surface area contributed by atoms with Crippen molar-refractivity contribution in [1.29, 1.82) is 0 Å². The highest BCUT2D eigenvalue weighted by Crippen LogP contribution is 2.20. The van der Waals surface area contributed by atoms with Gasteiger partial charge in [0.2, 0.25) is 0 Å². The summed E-state index contributed by atoms with van der Waals surface area (Å²) in [6.07, 6.45) is 12.8. The number of rotatable bonds is 10. The molecule has 1 aromatic carbocycles. The molecule has 2 rings (SSSR count). The molecule has 0 amide bonds. The molecule has 1 N–H and O–H groups in total. The van der Waals surface area contributed by atoms with Gasteiger partial charge in [0, 0.05) is 18.1 Å². The number of hydrogen-bond acceptors (Lipinski definition) is 2. The summed E-state index contributed by atoms with van der Waals surface area (Å²) >= 11 is 0. The highest BCUT2D eigenvalue weighted by Gasteiger charge is 2.00. The first kappa shape index (κ1) is 15.8. The Kier molecular flexibility index (Phi) is 7.06. The van der Waals surface area contributed by atoms with Gasteiger partial charge in [-0.3, -0.25) is 0 Å². The Labute approximate surface area is 129 Å². The highest BCUT2D eigenvalue weighted by atomic mass is 15.0. The molecule has 2 heteroatoms. The van der Waals surface area contributed by atoms with Gasteiger partial charge in [0.05, 0.1) is 0 Å². The molecule has 0 radical (unpaired) electrons. The van der Waals surface area contributed by atoms with Crippen molar-refractivity contribution in [2.75, 3.05) is 11.9 Å². The molecule has 0 aliphatic rings. The number of aromatic nitrogens is 1. The molecule has 2 nitrogen and oxygen atoms in total. The van der Waals surface area contributed by atoms with Crippen LogP contribution in [0.25, 0.3) is 10.8 Å². The lowest BCUT2D eigenvalue weighted by atomic mass is 10.1. The maximum Gasteiger partial charge on any atom is 0.133 e. The average Bonchev–Trinajstić information content (AvgIpc) is 2.53. The molecule has 0 saturated heterocycles. The van der Waals surface area contributed by atoms with E-state index in [0.717, 1.165) is 12.4 Å². The van der Waals surface area contributed by atoms with E-state index < -0.39 is 0 Å². The summed E-state index contributed by atoms with van der Waals surface area (Å²) in [5, 5.41) is 5.97. The average molecular weight is 284 g/mol. The standard InChI is InChI=1S/C19H28N2/c1-2-3-4-5-6-7-8-11-15-20-19-18-13-10-9-12-17(18)14-16-21-19/h9-10,12-14,16H,2-8,11,15H2,1H3,(H,20,21). The predicted octanol–water partition coefficient (Wildman–Crippen LogP) is 5.79. The van der Waals surface area contributed by atoms with E-state index >= 15 is 0 Å². The Morgan fingerprint density at radius 1 is 0.857 bits per heavy atom. The largest absolute Gasteiger partial charge is 0.370 e. The van der Waals surface area contributed by atoms with Gasteiger partial charge in [0.15, 0.2) is 0 Å². The number of anilines is 1. The summed E-state index contributed by atoms with van der Waals surface area (Å²) in [5.74, 6) is 1.02. The monoisotopic (exact) mass is 284 g/mol. The fourth-order valence-electron chi connectivity index (χ4n) is 2.73. The van der Waals surface area contributed by atoms with Gasteiger partial charge in [0.1, 0.15) is 5.82 Å². The van der Waals surface area contributed by atoms with E-state index in [9.17, 15) is 0 Å². The minimum atomic E-state index is 1.02. The molecule has 0 unspecified atom stereocenters. The Hall–Kier alpha value is -1.57. The molecule has 0 atom stereocenters. The van der Waals surface area contributed by atoms with Crippen LogP contribution in [-0.4, -0.2) is 11.5 Å². The highest BCUT2D eigenvalue weighted by molar-refractivity contribution is 5.91. The third-order valence-corrected chi connectivity index (χ3v) is 4.00. The number of fused-ring (bicyclic) bond motifs is 1. The molecular weight excluding hydrogens is 256 g/mol. The molecule has 0 spiro atoms. The second-order valence-corrected chi connectivity index (χ2v) is 5.78. The van der Waals surface area contributed by atoms with Crippen LogP contribution >= 0.6 is 0 Å². The van der Waals surface area contributed by atoms with Crippen molar-refractivity contribution < 1.29 is 0 Å². The van der Waals surface area contributed by atoms with Crippen molar-refractivity contribution >= 4 is 16.6 Å². The maximum atomic E-state index is 4.46. The van der Waals surface area contributed by atoms with Gasteiger partial charge in [0.25, 0.3) is 0 Å². The van der Waals surface area contributed by atoms with Crippen molar-refractivity contribution in [1.82, 2.24) is 4.98 Å². The Bertz CT molecular complexity index is 516. The molecule has 2 aromatic rings. The van der Waals surface area contributed by atoms with Gasteiger partial charge in [-0.15, -0.1) is 0 Å². The van der Waals surface area contributed by atoms with Gasteiger partial charge in [-0.2, -0.15) is 0 Å². The number of hydrogen-bond donors (Lipinski definition) is 1. The first-order chi connectivity index (χ1) is 10.4. The molecule has 1 heterocycles. The fraction of sp³-hybridized carbons (Fsp3) is 0.526. The van der Waals surface area contributed by atoms with Crippen LogP contribution in [0, 0.1) is 0 Å². The second kappa shape index (κ2) is 9.38. The lowest BCUT2D eigenvalue weighted by Gasteiger charge is -2.08. The third kappa shape index (κ3) is 5.37. The van der Waals surface area contributed by atoms with E-state index in [0.29, 0.717) is 0 Å². The van der Waals surface area contributed by atoms with Crippen LogP contribution in [0.3, 0.4) is 0 Å². The summed E-state index contributed by atoms with van der Waals surface area (Å²) < 4.78 is 0. The fourth-order valence-corrected chi connectivity index (χ4v) is 2.73. The Balaban J connectivity index is 1.64. The summed E-state index contributed by atoms with van der Waals surface area (Å²) in [6.45, 7) is 3.29. The lowest BCUT2D eigenvalue weighted by Crippen LogP contribution is -2.03. The molecule has 114 valence electrons. The number of unbranched alkanes of at least 4 members (excludes halogenated alkanes) is 7. The van der Waals surface area contributed by atoms with Crippen LogP contribution in [-0.2, 0) is 0 Å². The number of benzene rings is 1. The Morgan fingerprint density at radius 3 is 2.38 bits per heavy atom. The minimum absolute atomic E-state index is 1.02. The van der Waals surface area contributed by atoms with Crippen LogP contribution < -0.4 is 5.32 Å². The molecule has 0 saturated carbocycles. The molecule has 1 aromatic heterocycles. The van der Waals surface area contributed by atoms with E-state index in [2.05, 4.69) is 47.6 Å². The molecular formula is C19H28N2. The van der Waals surface area contributed by atoms with Crippen molar-refractivity contribution in [2.24, 2.45) is 0 Å². The third-order valence-electron chi connectivity index (χ3n) is 4.00. The number of nitrogens with one attached hydrogen (secondary N) is 1. The van der Waals surface area contributed by atoms with Crippen LogP contribution in [0.1, 0.15) is 58.3 Å². The van der Waals surface area contributed by atoms with Crippen molar-refractivity contribution in [3.63, 3.8) is 0 Å². The maximum absolute atomic E-state index is 4.46. The number of nitrogens with zero attached hydrogens (tertiary/aromatic N) is 1. The zero-order valence-electron chi connectivity index (χ0n) is 13.3. The second-order valence-electron chi connectivity index (χ2n) is 5.78. The van der Waals surface area contributed by atoms with Crippen molar-refractivity contribution in [3.8, 4) is 0 Å². The summed E-state index contributed by atoms with van der Waals surface area (Å²) in [4.78, 5) is 4.46. The van der Waals surface area contributed by atoms with Crippen LogP contribution in [0.15, 0.2) is 36.5 Å². The number of pyridine rings is 1. The first-order valence-corrected chi connectivity index (χ1v) is 8.49. The smallest absolute Gasteiger partial charge is 0.133 e. The zero-order valence-corrected chi connectivity index (χ0v) is 13.3. The predicted molar refractivity (Wildman–Crippen MR) is 92.8 cm³/mol. The topological polar surface area (TPSA) is 24.9 Å². The molecule has 0 fully saturated rings. The van der Waals surface area contributed by atoms with Crippen LogP contribution in [0.5, 0.6) is 0 Å². The minimum Gasteiger partial charge on any atom is -0.370 e. The molecule has 0 bridgehead atoms. The van der Waals surface area contributed by atoms with Gasteiger partial charge in [-0.05, 0) is 17.9 Å². The normalized spacial score (nSPS) is 10.9.